The molecule has 0 aliphatic heterocycles. The number of nitrogens with zero attached hydrogens (tertiary/aromatic N) is 3. The summed E-state index contributed by atoms with van der Waals surface area (Å²) in [6.45, 7) is 5.88. The molecule has 4 rings (SSSR count). The van der Waals surface area contributed by atoms with Crippen LogP contribution < -0.4 is 5.56 Å². The highest BCUT2D eigenvalue weighted by atomic mass is 32.1. The summed E-state index contributed by atoms with van der Waals surface area (Å²) in [7, 11) is 0. The fourth-order valence-corrected chi connectivity index (χ4v) is 4.14. The van der Waals surface area contributed by atoms with Crippen molar-refractivity contribution in [3.8, 4) is 5.13 Å². The molecule has 6 heteroatoms. The summed E-state index contributed by atoms with van der Waals surface area (Å²) >= 11 is 1.49. The molecule has 136 valence electrons. The molecule has 2 aromatic heterocycles. The van der Waals surface area contributed by atoms with E-state index in [2.05, 4.69) is 23.1 Å². The summed E-state index contributed by atoms with van der Waals surface area (Å²) in [6, 6.07) is 15.9. The maximum Gasteiger partial charge on any atom is 0.282 e. The van der Waals surface area contributed by atoms with E-state index in [1.54, 1.807) is 0 Å². The first-order valence-corrected chi connectivity index (χ1v) is 9.71. The smallest absolute Gasteiger partial charge is 0.282 e. The van der Waals surface area contributed by atoms with Gasteiger partial charge in [0.15, 0.2) is 0 Å². The van der Waals surface area contributed by atoms with Gasteiger partial charge >= 0.3 is 0 Å². The maximum atomic E-state index is 13.1. The van der Waals surface area contributed by atoms with Crippen LogP contribution in [0.25, 0.3) is 15.3 Å². The summed E-state index contributed by atoms with van der Waals surface area (Å²) < 4.78 is 2.57. The number of aryl methyl sites for hydroxylation is 2. The van der Waals surface area contributed by atoms with E-state index in [9.17, 15) is 4.79 Å². The number of nitrogens with one attached hydrogen (secondary N) is 1. The van der Waals surface area contributed by atoms with Crippen molar-refractivity contribution in [3.63, 3.8) is 0 Å². The van der Waals surface area contributed by atoms with Crippen LogP contribution in [0.4, 0.5) is 5.69 Å². The zero-order valence-electron chi connectivity index (χ0n) is 15.5. The number of fused-ring (bicyclic) bond motifs is 1. The Bertz CT molecular complexity index is 1180. The molecule has 0 unspecified atom stereocenters. The summed E-state index contributed by atoms with van der Waals surface area (Å²) in [5.41, 5.74) is 4.92. The molecule has 4 aromatic rings. The third kappa shape index (κ3) is 3.13. The largest absolute Gasteiger partial charge is 0.293 e. The topological polar surface area (TPSA) is 63.0 Å². The zero-order chi connectivity index (χ0) is 19.0. The molecule has 0 radical (unpaired) electrons. The van der Waals surface area contributed by atoms with Crippen LogP contribution in [0.1, 0.15) is 30.7 Å². The number of hydrogen-bond acceptors (Lipinski definition) is 4. The van der Waals surface area contributed by atoms with E-state index in [0.717, 1.165) is 33.6 Å². The van der Waals surface area contributed by atoms with Gasteiger partial charge in [-0.15, -0.1) is 0 Å². The average Bonchev–Trinajstić information content (AvgIpc) is 3.22. The van der Waals surface area contributed by atoms with Crippen LogP contribution in [-0.2, 0) is 6.42 Å². The van der Waals surface area contributed by atoms with Crippen LogP contribution in [0, 0.1) is 6.92 Å². The first-order chi connectivity index (χ1) is 13.1. The Morgan fingerprint density at radius 2 is 1.93 bits per heavy atom. The number of aliphatic imine (C=N–C) groups is 1. The van der Waals surface area contributed by atoms with Crippen LogP contribution in [0.3, 0.4) is 0 Å². The monoisotopic (exact) mass is 376 g/mol. The number of aromatic nitrogens is 3. The molecule has 0 aliphatic carbocycles. The van der Waals surface area contributed by atoms with Crippen molar-refractivity contribution in [2.24, 2.45) is 4.99 Å². The van der Waals surface area contributed by atoms with Crippen molar-refractivity contribution < 1.29 is 0 Å². The fourth-order valence-electron chi connectivity index (χ4n) is 3.22. The van der Waals surface area contributed by atoms with Crippen LogP contribution in [0.5, 0.6) is 0 Å². The molecule has 0 fully saturated rings. The Morgan fingerprint density at radius 1 is 1.19 bits per heavy atom. The van der Waals surface area contributed by atoms with Gasteiger partial charge in [-0.25, -0.2) is 4.98 Å². The minimum Gasteiger partial charge on any atom is -0.293 e. The number of benzene rings is 2. The van der Waals surface area contributed by atoms with E-state index in [4.69, 9.17) is 4.99 Å². The Balaban J connectivity index is 1.81. The van der Waals surface area contributed by atoms with Crippen molar-refractivity contribution in [1.29, 1.82) is 0 Å². The van der Waals surface area contributed by atoms with Gasteiger partial charge < -0.3 is 0 Å². The molecule has 0 amide bonds. The van der Waals surface area contributed by atoms with E-state index < -0.39 is 0 Å². The van der Waals surface area contributed by atoms with Crippen molar-refractivity contribution >= 4 is 33.0 Å². The zero-order valence-corrected chi connectivity index (χ0v) is 16.3. The van der Waals surface area contributed by atoms with Gasteiger partial charge in [0.25, 0.3) is 5.56 Å². The minimum atomic E-state index is -0.123. The number of H-pyrrole nitrogens is 1. The van der Waals surface area contributed by atoms with Crippen LogP contribution >= 0.6 is 11.3 Å². The molecule has 0 bridgehead atoms. The molecule has 0 spiro atoms. The number of hydrogen-bond donors (Lipinski definition) is 1. The van der Waals surface area contributed by atoms with E-state index in [1.807, 2.05) is 56.3 Å². The number of para-hydroxylation sites is 2. The molecular weight excluding hydrogens is 356 g/mol. The molecule has 0 aliphatic rings. The van der Waals surface area contributed by atoms with Crippen molar-refractivity contribution in [2.75, 3.05) is 0 Å². The number of rotatable bonds is 4. The van der Waals surface area contributed by atoms with E-state index in [0.29, 0.717) is 16.4 Å². The maximum absolute atomic E-state index is 13.1. The van der Waals surface area contributed by atoms with Gasteiger partial charge in [-0.05, 0) is 44.0 Å². The third-order valence-electron chi connectivity index (χ3n) is 4.57. The molecular formula is C21H20N4OS. The van der Waals surface area contributed by atoms with Gasteiger partial charge in [-0.1, -0.05) is 48.6 Å². The highest BCUT2D eigenvalue weighted by molar-refractivity contribution is 7.20. The van der Waals surface area contributed by atoms with Crippen molar-refractivity contribution in [2.45, 2.75) is 27.2 Å². The Labute approximate surface area is 161 Å². The highest BCUT2D eigenvalue weighted by Gasteiger charge is 2.17. The SMILES string of the molecule is CCc1ccccc1N=C(C)c1c(C)[nH]n(-c2nc3ccccc3s2)c1=O. The van der Waals surface area contributed by atoms with Gasteiger partial charge in [0.05, 0.1) is 27.2 Å². The minimum absolute atomic E-state index is 0.123. The van der Waals surface area contributed by atoms with E-state index in [-0.39, 0.29) is 5.56 Å². The lowest BCUT2D eigenvalue weighted by Gasteiger charge is -2.04. The molecule has 1 N–H and O–H groups in total. The quantitative estimate of drug-likeness (QED) is 0.521. The average molecular weight is 376 g/mol. The second kappa shape index (κ2) is 6.96. The lowest BCUT2D eigenvalue weighted by atomic mass is 10.1. The Morgan fingerprint density at radius 3 is 2.70 bits per heavy atom. The Hall–Kier alpha value is -2.99. The lowest BCUT2D eigenvalue weighted by Crippen LogP contribution is -2.19. The third-order valence-corrected chi connectivity index (χ3v) is 5.59. The van der Waals surface area contributed by atoms with Gasteiger partial charge in [0.2, 0.25) is 5.13 Å². The summed E-state index contributed by atoms with van der Waals surface area (Å²) in [4.78, 5) is 22.4. The summed E-state index contributed by atoms with van der Waals surface area (Å²) in [6.07, 6.45) is 0.898. The second-order valence-electron chi connectivity index (χ2n) is 6.40. The molecule has 0 saturated heterocycles. The lowest BCUT2D eigenvalue weighted by molar-refractivity contribution is 0.829. The van der Waals surface area contributed by atoms with Gasteiger partial charge in [-0.2, -0.15) is 4.68 Å². The van der Waals surface area contributed by atoms with Crippen LogP contribution in [-0.4, -0.2) is 20.5 Å². The van der Waals surface area contributed by atoms with Gasteiger partial charge in [-0.3, -0.25) is 14.9 Å². The second-order valence-corrected chi connectivity index (χ2v) is 7.41. The van der Waals surface area contributed by atoms with Crippen molar-refractivity contribution in [1.82, 2.24) is 14.8 Å². The molecule has 0 saturated carbocycles. The first kappa shape index (κ1) is 17.4. The van der Waals surface area contributed by atoms with Crippen LogP contribution in [0.15, 0.2) is 58.3 Å². The molecule has 5 nitrogen and oxygen atoms in total. The summed E-state index contributed by atoms with van der Waals surface area (Å²) in [5, 5.41) is 3.79. The number of aromatic amines is 1. The molecule has 0 atom stereocenters. The van der Waals surface area contributed by atoms with Gasteiger partial charge in [0, 0.05) is 5.69 Å². The van der Waals surface area contributed by atoms with Crippen molar-refractivity contribution in [3.05, 3.63) is 75.7 Å². The summed E-state index contributed by atoms with van der Waals surface area (Å²) in [5.74, 6) is 0. The standard InChI is InChI=1S/C21H20N4OS/c1-4-15-9-5-6-10-16(15)22-13(2)19-14(3)24-25(20(19)26)21-23-17-11-7-8-12-18(17)27-21/h5-12,24H,4H2,1-3H3. The normalized spacial score (nSPS) is 12.0. The molecule has 2 heterocycles. The first-order valence-electron chi connectivity index (χ1n) is 8.89. The predicted octanol–water partition coefficient (Wildman–Crippen LogP) is 4.79. The van der Waals surface area contributed by atoms with Gasteiger partial charge in [0.1, 0.15) is 0 Å². The predicted molar refractivity (Wildman–Crippen MR) is 112 cm³/mol. The van der Waals surface area contributed by atoms with E-state index in [1.165, 1.54) is 16.0 Å². The highest BCUT2D eigenvalue weighted by Crippen LogP contribution is 2.24. The fraction of sp³-hybridized carbons (Fsp3) is 0.190. The van der Waals surface area contributed by atoms with E-state index >= 15 is 0 Å². The van der Waals surface area contributed by atoms with Crippen LogP contribution in [0.2, 0.25) is 0 Å². The number of thiazole rings is 1. The molecule has 2 aromatic carbocycles. The Kier molecular flexibility index (Phi) is 4.49. The molecule has 27 heavy (non-hydrogen) atoms.